The summed E-state index contributed by atoms with van der Waals surface area (Å²) in [5.41, 5.74) is 1.30. The molecule has 31 heavy (non-hydrogen) atoms. The Balaban J connectivity index is 1.57. The van der Waals surface area contributed by atoms with E-state index in [0.29, 0.717) is 24.3 Å². The monoisotopic (exact) mass is 446 g/mol. The number of piperidine rings is 1. The molecule has 0 spiro atoms. The molecular formula is C22H26N2O6S. The van der Waals surface area contributed by atoms with E-state index in [4.69, 9.17) is 4.74 Å². The van der Waals surface area contributed by atoms with Crippen LogP contribution in [0.3, 0.4) is 0 Å². The molecule has 0 unspecified atom stereocenters. The van der Waals surface area contributed by atoms with Crippen molar-refractivity contribution in [3.8, 4) is 0 Å². The van der Waals surface area contributed by atoms with Crippen molar-refractivity contribution in [3.05, 3.63) is 69.8 Å². The molecule has 2 aromatic carbocycles. The molecule has 0 aromatic heterocycles. The molecule has 1 heterocycles. The molecule has 2 aromatic rings. The van der Waals surface area contributed by atoms with E-state index in [1.165, 1.54) is 10.4 Å². The van der Waals surface area contributed by atoms with Gasteiger partial charge in [0, 0.05) is 19.2 Å². The zero-order valence-corrected chi connectivity index (χ0v) is 18.4. The Morgan fingerprint density at radius 3 is 2.32 bits per heavy atom. The fourth-order valence-electron chi connectivity index (χ4n) is 3.58. The van der Waals surface area contributed by atoms with Crippen LogP contribution in [0.25, 0.3) is 0 Å². The van der Waals surface area contributed by atoms with Crippen LogP contribution in [-0.2, 0) is 26.2 Å². The van der Waals surface area contributed by atoms with Gasteiger partial charge in [0.15, 0.2) is 0 Å². The van der Waals surface area contributed by atoms with Gasteiger partial charge in [0.05, 0.1) is 21.3 Å². The number of hydrogen-bond donors (Lipinski definition) is 0. The summed E-state index contributed by atoms with van der Waals surface area (Å²) in [6.07, 6.45) is 0.693. The third kappa shape index (κ3) is 5.29. The topological polar surface area (TPSA) is 107 Å². The molecule has 166 valence electrons. The zero-order valence-electron chi connectivity index (χ0n) is 17.6. The van der Waals surface area contributed by atoms with Gasteiger partial charge >= 0.3 is 5.97 Å². The third-order valence-corrected chi connectivity index (χ3v) is 7.44. The molecule has 0 bridgehead atoms. The summed E-state index contributed by atoms with van der Waals surface area (Å²) in [5.74, 6) is -0.579. The van der Waals surface area contributed by atoms with Crippen molar-refractivity contribution in [1.29, 1.82) is 0 Å². The summed E-state index contributed by atoms with van der Waals surface area (Å²) in [6.45, 7) is 4.35. The quantitative estimate of drug-likeness (QED) is 0.363. The lowest BCUT2D eigenvalue weighted by Crippen LogP contribution is -2.40. The van der Waals surface area contributed by atoms with E-state index in [1.54, 1.807) is 30.3 Å². The molecular weight excluding hydrogens is 420 g/mol. The number of nitro benzene ring substituents is 1. The lowest BCUT2D eigenvalue weighted by atomic mass is 9.98. The van der Waals surface area contributed by atoms with Crippen LogP contribution < -0.4 is 0 Å². The maximum absolute atomic E-state index is 12.9. The number of nitro groups is 1. The fraction of sp³-hybridized carbons (Fsp3) is 0.409. The second-order valence-electron chi connectivity index (χ2n) is 7.90. The lowest BCUT2D eigenvalue weighted by molar-refractivity contribution is -0.385. The molecule has 3 rings (SSSR count). The number of hydrogen-bond acceptors (Lipinski definition) is 6. The van der Waals surface area contributed by atoms with Gasteiger partial charge in [0.1, 0.15) is 6.61 Å². The number of carbonyl (C=O) groups excluding carboxylic acids is 1. The van der Waals surface area contributed by atoms with Crippen molar-refractivity contribution in [2.24, 2.45) is 5.92 Å². The first-order valence-corrected chi connectivity index (χ1v) is 11.6. The normalized spacial score (nSPS) is 15.7. The molecule has 0 amide bonds. The molecule has 0 aliphatic carbocycles. The number of para-hydroxylation sites is 1. The number of benzene rings is 2. The zero-order chi connectivity index (χ0) is 22.6. The average Bonchev–Trinajstić information content (AvgIpc) is 2.77. The molecule has 1 aliphatic rings. The summed E-state index contributed by atoms with van der Waals surface area (Å²) < 4.78 is 32.5. The van der Waals surface area contributed by atoms with Gasteiger partial charge in [-0.05, 0) is 42.5 Å². The Labute approximate surface area is 182 Å². The van der Waals surface area contributed by atoms with Crippen molar-refractivity contribution in [3.63, 3.8) is 0 Å². The smallest absolute Gasteiger partial charge is 0.309 e. The van der Waals surface area contributed by atoms with E-state index in [0.717, 1.165) is 5.56 Å². The Hall–Kier alpha value is -2.78. The minimum atomic E-state index is -3.62. The molecule has 0 saturated carbocycles. The third-order valence-electron chi connectivity index (χ3n) is 5.53. The van der Waals surface area contributed by atoms with E-state index >= 15 is 0 Å². The molecule has 9 heteroatoms. The standard InChI is InChI=1S/C22H26N2O6S/c1-16(2)17-7-9-20(10-8-17)31(28,29)23-13-11-18(12-14-23)22(25)30-15-19-5-3-4-6-21(19)24(26)27/h3-10,16,18H,11-15H2,1-2H3. The number of carbonyl (C=O) groups is 1. The number of sulfonamides is 1. The van der Waals surface area contributed by atoms with Crippen LogP contribution in [0.4, 0.5) is 5.69 Å². The first-order chi connectivity index (χ1) is 14.7. The first-order valence-electron chi connectivity index (χ1n) is 10.2. The molecule has 1 fully saturated rings. The largest absolute Gasteiger partial charge is 0.460 e. The van der Waals surface area contributed by atoms with Crippen molar-refractivity contribution in [2.45, 2.75) is 44.1 Å². The van der Waals surface area contributed by atoms with E-state index in [1.807, 2.05) is 26.0 Å². The maximum atomic E-state index is 12.9. The Kier molecular flexibility index (Phi) is 7.07. The Bertz CT molecular complexity index is 1040. The predicted octanol–water partition coefficient (Wildman–Crippen LogP) is 3.86. The molecule has 1 saturated heterocycles. The second kappa shape index (κ2) is 9.57. The van der Waals surface area contributed by atoms with Crippen LogP contribution in [0.15, 0.2) is 53.4 Å². The highest BCUT2D eigenvalue weighted by Gasteiger charge is 2.33. The fourth-order valence-corrected chi connectivity index (χ4v) is 5.05. The molecule has 0 N–H and O–H groups in total. The Morgan fingerprint density at radius 2 is 1.74 bits per heavy atom. The van der Waals surface area contributed by atoms with Crippen LogP contribution in [0.2, 0.25) is 0 Å². The highest BCUT2D eigenvalue weighted by atomic mass is 32.2. The van der Waals surface area contributed by atoms with Crippen LogP contribution >= 0.6 is 0 Å². The van der Waals surface area contributed by atoms with Gasteiger partial charge in [-0.15, -0.1) is 0 Å². The molecule has 1 aliphatic heterocycles. The SMILES string of the molecule is CC(C)c1ccc(S(=O)(=O)N2CCC(C(=O)OCc3ccccc3[N+](=O)[O-])CC2)cc1. The minimum absolute atomic E-state index is 0.0975. The maximum Gasteiger partial charge on any atom is 0.309 e. The number of nitrogens with zero attached hydrogens (tertiary/aromatic N) is 2. The van der Waals surface area contributed by atoms with Gasteiger partial charge < -0.3 is 4.74 Å². The van der Waals surface area contributed by atoms with Crippen molar-refractivity contribution in [1.82, 2.24) is 4.31 Å². The van der Waals surface area contributed by atoms with E-state index in [9.17, 15) is 23.3 Å². The summed E-state index contributed by atoms with van der Waals surface area (Å²) in [4.78, 5) is 23.2. The Morgan fingerprint density at radius 1 is 1.13 bits per heavy atom. The van der Waals surface area contributed by atoms with Crippen LogP contribution in [0, 0.1) is 16.0 Å². The van der Waals surface area contributed by atoms with Crippen LogP contribution in [-0.4, -0.2) is 36.7 Å². The summed E-state index contributed by atoms with van der Waals surface area (Å²) in [7, 11) is -3.62. The van der Waals surface area contributed by atoms with Crippen LogP contribution in [0.1, 0.15) is 43.7 Å². The van der Waals surface area contributed by atoms with E-state index in [-0.39, 0.29) is 30.3 Å². The van der Waals surface area contributed by atoms with Crippen molar-refractivity contribution < 1.29 is 22.9 Å². The minimum Gasteiger partial charge on any atom is -0.460 e. The van der Waals surface area contributed by atoms with E-state index in [2.05, 4.69) is 0 Å². The number of ether oxygens (including phenoxy) is 1. The predicted molar refractivity (Wildman–Crippen MR) is 115 cm³/mol. The summed E-state index contributed by atoms with van der Waals surface area (Å²) in [5, 5.41) is 11.1. The number of esters is 1. The van der Waals surface area contributed by atoms with Crippen LogP contribution in [0.5, 0.6) is 0 Å². The van der Waals surface area contributed by atoms with Gasteiger partial charge in [0.25, 0.3) is 5.69 Å². The highest BCUT2D eigenvalue weighted by Crippen LogP contribution is 2.26. The highest BCUT2D eigenvalue weighted by molar-refractivity contribution is 7.89. The summed E-state index contributed by atoms with van der Waals surface area (Å²) >= 11 is 0. The second-order valence-corrected chi connectivity index (χ2v) is 9.83. The molecule has 8 nitrogen and oxygen atoms in total. The first kappa shape index (κ1) is 22.9. The van der Waals surface area contributed by atoms with Gasteiger partial charge in [-0.1, -0.05) is 38.1 Å². The lowest BCUT2D eigenvalue weighted by Gasteiger charge is -2.30. The van der Waals surface area contributed by atoms with Gasteiger partial charge in [-0.3, -0.25) is 14.9 Å². The van der Waals surface area contributed by atoms with Crippen molar-refractivity contribution in [2.75, 3.05) is 13.1 Å². The van der Waals surface area contributed by atoms with E-state index < -0.39 is 26.8 Å². The summed E-state index contributed by atoms with van der Waals surface area (Å²) in [6, 6.07) is 13.0. The average molecular weight is 447 g/mol. The molecule has 0 atom stereocenters. The van der Waals surface area contributed by atoms with Gasteiger partial charge in [-0.2, -0.15) is 4.31 Å². The number of rotatable bonds is 7. The molecule has 0 radical (unpaired) electrons. The van der Waals surface area contributed by atoms with Gasteiger partial charge in [0.2, 0.25) is 10.0 Å². The van der Waals surface area contributed by atoms with Crippen molar-refractivity contribution >= 4 is 21.7 Å². The van der Waals surface area contributed by atoms with Gasteiger partial charge in [-0.25, -0.2) is 8.42 Å².